The van der Waals surface area contributed by atoms with E-state index in [0.29, 0.717) is 11.0 Å². The van der Waals surface area contributed by atoms with E-state index in [1.807, 2.05) is 12.1 Å². The van der Waals surface area contributed by atoms with Gasteiger partial charge < -0.3 is 16.0 Å². The number of nitrogens with one attached hydrogen (secondary N) is 1. The minimum absolute atomic E-state index is 0.459. The summed E-state index contributed by atoms with van der Waals surface area (Å²) < 4.78 is 0. The molecule has 0 saturated carbocycles. The SMILES string of the molecule is Cc1cc(C(N)=S)ccc1NC1CCN(C)C1. The first-order valence-electron chi connectivity index (χ1n) is 5.92. The molecule has 0 aromatic heterocycles. The summed E-state index contributed by atoms with van der Waals surface area (Å²) in [6.07, 6.45) is 1.20. The fourth-order valence-corrected chi connectivity index (χ4v) is 2.38. The normalized spacial score (nSPS) is 20.5. The number of anilines is 1. The smallest absolute Gasteiger partial charge is 0.103 e. The quantitative estimate of drug-likeness (QED) is 0.801. The number of aryl methyl sites for hydroxylation is 1. The van der Waals surface area contributed by atoms with Gasteiger partial charge in [-0.1, -0.05) is 12.2 Å². The van der Waals surface area contributed by atoms with Crippen molar-refractivity contribution in [2.45, 2.75) is 19.4 Å². The van der Waals surface area contributed by atoms with Crippen LogP contribution in [0.1, 0.15) is 17.5 Å². The van der Waals surface area contributed by atoms with Gasteiger partial charge in [0.05, 0.1) is 0 Å². The van der Waals surface area contributed by atoms with Crippen LogP contribution in [0.2, 0.25) is 0 Å². The third-order valence-electron chi connectivity index (χ3n) is 3.26. The molecule has 3 N–H and O–H groups in total. The molecule has 92 valence electrons. The van der Waals surface area contributed by atoms with E-state index in [1.54, 1.807) is 0 Å². The minimum atomic E-state index is 0.459. The Morgan fingerprint density at radius 1 is 1.53 bits per heavy atom. The molecule has 0 aliphatic carbocycles. The van der Waals surface area contributed by atoms with Crippen LogP contribution in [0.5, 0.6) is 0 Å². The Hall–Kier alpha value is -1.13. The summed E-state index contributed by atoms with van der Waals surface area (Å²) >= 11 is 4.97. The lowest BCUT2D eigenvalue weighted by Gasteiger charge is -2.16. The average Bonchev–Trinajstić information content (AvgIpc) is 2.67. The second kappa shape index (κ2) is 5.02. The Bertz CT molecular complexity index is 431. The summed E-state index contributed by atoms with van der Waals surface area (Å²) in [7, 11) is 2.16. The molecule has 4 heteroatoms. The van der Waals surface area contributed by atoms with E-state index in [0.717, 1.165) is 12.1 Å². The van der Waals surface area contributed by atoms with Gasteiger partial charge in [-0.15, -0.1) is 0 Å². The van der Waals surface area contributed by atoms with Crippen molar-refractivity contribution in [2.75, 3.05) is 25.5 Å². The number of hydrogen-bond acceptors (Lipinski definition) is 3. The molecule has 2 rings (SSSR count). The highest BCUT2D eigenvalue weighted by atomic mass is 32.1. The van der Waals surface area contributed by atoms with Crippen LogP contribution in [0.3, 0.4) is 0 Å². The van der Waals surface area contributed by atoms with Crippen LogP contribution in [0.15, 0.2) is 18.2 Å². The number of hydrogen-bond donors (Lipinski definition) is 2. The van der Waals surface area contributed by atoms with Gasteiger partial charge in [0.25, 0.3) is 0 Å². The predicted molar refractivity (Wildman–Crippen MR) is 76.6 cm³/mol. The number of likely N-dealkylation sites (N-methyl/N-ethyl adjacent to an activating group) is 1. The molecule has 0 spiro atoms. The molecule has 17 heavy (non-hydrogen) atoms. The van der Waals surface area contributed by atoms with Crippen LogP contribution in [-0.4, -0.2) is 36.1 Å². The van der Waals surface area contributed by atoms with Crippen LogP contribution in [0.4, 0.5) is 5.69 Å². The number of nitrogens with two attached hydrogens (primary N) is 1. The number of nitrogens with zero attached hydrogens (tertiary/aromatic N) is 1. The summed E-state index contributed by atoms with van der Waals surface area (Å²) in [5.41, 5.74) is 8.94. The van der Waals surface area contributed by atoms with Crippen LogP contribution in [-0.2, 0) is 0 Å². The summed E-state index contributed by atoms with van der Waals surface area (Å²) in [4.78, 5) is 2.80. The highest BCUT2D eigenvalue weighted by Crippen LogP contribution is 2.20. The van der Waals surface area contributed by atoms with Crippen molar-refractivity contribution >= 4 is 22.9 Å². The first-order chi connectivity index (χ1) is 8.06. The standard InChI is InChI=1S/C13H19N3S/c1-9-7-10(13(14)17)3-4-12(9)15-11-5-6-16(2)8-11/h3-4,7,11,15H,5-6,8H2,1-2H3,(H2,14,17). The third-order valence-corrected chi connectivity index (χ3v) is 3.50. The van der Waals surface area contributed by atoms with E-state index < -0.39 is 0 Å². The van der Waals surface area contributed by atoms with Crippen molar-refractivity contribution < 1.29 is 0 Å². The van der Waals surface area contributed by atoms with Gasteiger partial charge >= 0.3 is 0 Å². The Morgan fingerprint density at radius 2 is 2.29 bits per heavy atom. The summed E-state index contributed by atoms with van der Waals surface area (Å²) in [5, 5.41) is 3.58. The molecular weight excluding hydrogens is 230 g/mol. The monoisotopic (exact) mass is 249 g/mol. The highest BCUT2D eigenvalue weighted by molar-refractivity contribution is 7.80. The first kappa shape index (κ1) is 12.3. The van der Waals surface area contributed by atoms with Gasteiger partial charge in [-0.2, -0.15) is 0 Å². The third kappa shape index (κ3) is 2.96. The molecule has 1 aliphatic rings. The number of thiocarbonyl (C=S) groups is 1. The van der Waals surface area contributed by atoms with Crippen molar-refractivity contribution in [2.24, 2.45) is 5.73 Å². The van der Waals surface area contributed by atoms with E-state index in [9.17, 15) is 0 Å². The molecule has 0 bridgehead atoms. The molecule has 1 unspecified atom stereocenters. The zero-order chi connectivity index (χ0) is 12.4. The molecule has 0 amide bonds. The van der Waals surface area contributed by atoms with Crippen LogP contribution >= 0.6 is 12.2 Å². The van der Waals surface area contributed by atoms with Gasteiger partial charge in [0.1, 0.15) is 4.99 Å². The number of benzene rings is 1. The fraction of sp³-hybridized carbons (Fsp3) is 0.462. The maximum atomic E-state index is 5.62. The second-order valence-electron chi connectivity index (χ2n) is 4.79. The Morgan fingerprint density at radius 3 is 2.82 bits per heavy atom. The van der Waals surface area contributed by atoms with Crippen molar-refractivity contribution in [3.63, 3.8) is 0 Å². The van der Waals surface area contributed by atoms with E-state index in [1.165, 1.54) is 24.2 Å². The molecule has 1 saturated heterocycles. The maximum Gasteiger partial charge on any atom is 0.103 e. The molecule has 1 atom stereocenters. The van der Waals surface area contributed by atoms with E-state index >= 15 is 0 Å². The highest BCUT2D eigenvalue weighted by Gasteiger charge is 2.19. The zero-order valence-corrected chi connectivity index (χ0v) is 11.2. The Kier molecular flexibility index (Phi) is 3.64. The second-order valence-corrected chi connectivity index (χ2v) is 5.23. The van der Waals surface area contributed by atoms with Crippen LogP contribution in [0, 0.1) is 6.92 Å². The largest absolute Gasteiger partial charge is 0.389 e. The lowest BCUT2D eigenvalue weighted by molar-refractivity contribution is 0.414. The van der Waals surface area contributed by atoms with Crippen molar-refractivity contribution in [3.8, 4) is 0 Å². The van der Waals surface area contributed by atoms with Gasteiger partial charge in [0.2, 0.25) is 0 Å². The molecule has 1 aromatic rings. The molecular formula is C13H19N3S. The van der Waals surface area contributed by atoms with Gasteiger partial charge in [-0.3, -0.25) is 0 Å². The number of likely N-dealkylation sites (tertiary alicyclic amines) is 1. The minimum Gasteiger partial charge on any atom is -0.389 e. The van der Waals surface area contributed by atoms with Crippen molar-refractivity contribution in [1.29, 1.82) is 0 Å². The summed E-state index contributed by atoms with van der Waals surface area (Å²) in [6, 6.07) is 6.65. The average molecular weight is 249 g/mol. The molecule has 3 nitrogen and oxygen atoms in total. The Labute approximate surface area is 108 Å². The van der Waals surface area contributed by atoms with Crippen molar-refractivity contribution in [1.82, 2.24) is 4.90 Å². The maximum absolute atomic E-state index is 5.62. The lowest BCUT2D eigenvalue weighted by atomic mass is 10.1. The molecule has 1 aliphatic heterocycles. The van der Waals surface area contributed by atoms with Gasteiger partial charge in [0, 0.05) is 23.8 Å². The number of rotatable bonds is 3. The topological polar surface area (TPSA) is 41.3 Å². The lowest BCUT2D eigenvalue weighted by Crippen LogP contribution is -2.24. The van der Waals surface area contributed by atoms with Gasteiger partial charge in [-0.05, 0) is 50.7 Å². The molecule has 1 heterocycles. The van der Waals surface area contributed by atoms with Crippen LogP contribution < -0.4 is 11.1 Å². The van der Waals surface area contributed by atoms with Gasteiger partial charge in [0.15, 0.2) is 0 Å². The van der Waals surface area contributed by atoms with Crippen LogP contribution in [0.25, 0.3) is 0 Å². The molecule has 1 aromatic carbocycles. The summed E-state index contributed by atoms with van der Waals surface area (Å²) in [6.45, 7) is 4.36. The van der Waals surface area contributed by atoms with Gasteiger partial charge in [-0.25, -0.2) is 0 Å². The zero-order valence-electron chi connectivity index (χ0n) is 10.4. The van der Waals surface area contributed by atoms with E-state index in [4.69, 9.17) is 18.0 Å². The predicted octanol–water partition coefficient (Wildman–Crippen LogP) is 1.75. The van der Waals surface area contributed by atoms with E-state index in [-0.39, 0.29) is 0 Å². The van der Waals surface area contributed by atoms with Crippen molar-refractivity contribution in [3.05, 3.63) is 29.3 Å². The Balaban J connectivity index is 2.09. The molecule has 0 radical (unpaired) electrons. The first-order valence-corrected chi connectivity index (χ1v) is 6.32. The summed E-state index contributed by atoms with van der Waals surface area (Å²) in [5.74, 6) is 0. The van der Waals surface area contributed by atoms with E-state index in [2.05, 4.69) is 30.3 Å². The molecule has 1 fully saturated rings. The fourth-order valence-electron chi connectivity index (χ4n) is 2.25.